The topological polar surface area (TPSA) is 76.4 Å². The molecule has 1 heterocycles. The predicted octanol–water partition coefficient (Wildman–Crippen LogP) is 2.98. The lowest BCUT2D eigenvalue weighted by Gasteiger charge is -2.29. The zero-order valence-electron chi connectivity index (χ0n) is 12.5. The van der Waals surface area contributed by atoms with Gasteiger partial charge in [0.2, 0.25) is 0 Å². The van der Waals surface area contributed by atoms with Crippen LogP contribution in [0.4, 0.5) is 17.1 Å². The van der Waals surface area contributed by atoms with Gasteiger partial charge in [-0.2, -0.15) is 0 Å². The molecule has 21 heavy (non-hydrogen) atoms. The maximum Gasteiger partial charge on any atom is 0.262 e. The molecule has 3 rings (SSSR count). The van der Waals surface area contributed by atoms with E-state index in [1.54, 1.807) is 6.07 Å². The number of fused-ring (bicyclic) bond motifs is 1. The lowest BCUT2D eigenvalue weighted by atomic mass is 9.83. The molecule has 1 aliphatic heterocycles. The number of carbonyl (C=O) groups excluding carboxylic acids is 1. The largest absolute Gasteiger partial charge is 0.482 e. The summed E-state index contributed by atoms with van der Waals surface area (Å²) in [6.45, 7) is 3.25. The first-order valence-corrected chi connectivity index (χ1v) is 7.72. The summed E-state index contributed by atoms with van der Waals surface area (Å²) in [6.07, 6.45) is 6.38. The SMILES string of the molecule is CCC1(CNc2cc3c(cc2N)OCC(=O)N3)CCCC1. The van der Waals surface area contributed by atoms with E-state index in [2.05, 4.69) is 17.6 Å². The Morgan fingerprint density at radius 3 is 2.86 bits per heavy atom. The highest BCUT2D eigenvalue weighted by Gasteiger charge is 2.31. The van der Waals surface area contributed by atoms with Gasteiger partial charge >= 0.3 is 0 Å². The van der Waals surface area contributed by atoms with Crippen LogP contribution in [0.25, 0.3) is 0 Å². The van der Waals surface area contributed by atoms with E-state index < -0.39 is 0 Å². The second-order valence-corrected chi connectivity index (χ2v) is 6.19. The van der Waals surface area contributed by atoms with Crippen LogP contribution in [0, 0.1) is 5.41 Å². The third kappa shape index (κ3) is 2.77. The normalized spacial score (nSPS) is 19.6. The van der Waals surface area contributed by atoms with E-state index in [1.165, 1.54) is 32.1 Å². The molecule has 4 N–H and O–H groups in total. The van der Waals surface area contributed by atoms with Gasteiger partial charge in [0, 0.05) is 12.6 Å². The Hall–Kier alpha value is -1.91. The van der Waals surface area contributed by atoms with E-state index >= 15 is 0 Å². The Balaban J connectivity index is 1.76. The molecule has 1 fully saturated rings. The highest BCUT2D eigenvalue weighted by Crippen LogP contribution is 2.42. The van der Waals surface area contributed by atoms with E-state index in [1.807, 2.05) is 6.07 Å². The number of ether oxygens (including phenoxy) is 1. The third-order valence-corrected chi connectivity index (χ3v) is 4.85. The molecular weight excluding hydrogens is 266 g/mol. The molecule has 0 unspecified atom stereocenters. The van der Waals surface area contributed by atoms with Crippen LogP contribution in [0.15, 0.2) is 12.1 Å². The number of hydrogen-bond donors (Lipinski definition) is 3. The molecule has 0 bridgehead atoms. The Bertz CT molecular complexity index is 551. The van der Waals surface area contributed by atoms with Gasteiger partial charge in [-0.25, -0.2) is 0 Å². The minimum atomic E-state index is -0.126. The Labute approximate surface area is 125 Å². The molecule has 1 aromatic carbocycles. The molecule has 0 saturated heterocycles. The molecule has 1 amide bonds. The van der Waals surface area contributed by atoms with Gasteiger partial charge in [-0.1, -0.05) is 19.8 Å². The summed E-state index contributed by atoms with van der Waals surface area (Å²) in [5.74, 6) is 0.516. The van der Waals surface area contributed by atoms with Crippen LogP contribution in [0.3, 0.4) is 0 Å². The van der Waals surface area contributed by atoms with Crippen molar-refractivity contribution in [3.63, 3.8) is 0 Å². The van der Waals surface area contributed by atoms with Gasteiger partial charge in [0.1, 0.15) is 5.75 Å². The summed E-state index contributed by atoms with van der Waals surface area (Å²) in [4.78, 5) is 11.4. The van der Waals surface area contributed by atoms with E-state index in [-0.39, 0.29) is 12.5 Å². The number of rotatable bonds is 4. The lowest BCUT2D eigenvalue weighted by molar-refractivity contribution is -0.118. The van der Waals surface area contributed by atoms with E-state index in [0.29, 0.717) is 22.5 Å². The number of anilines is 3. The van der Waals surface area contributed by atoms with Crippen LogP contribution in [0.1, 0.15) is 39.0 Å². The fourth-order valence-corrected chi connectivity index (χ4v) is 3.36. The Kier molecular flexibility index (Phi) is 3.66. The highest BCUT2D eigenvalue weighted by atomic mass is 16.5. The maximum absolute atomic E-state index is 11.4. The van der Waals surface area contributed by atoms with E-state index in [0.717, 1.165) is 12.2 Å². The van der Waals surface area contributed by atoms with Gasteiger partial charge in [-0.3, -0.25) is 4.79 Å². The minimum absolute atomic E-state index is 0.0537. The second kappa shape index (κ2) is 5.47. The number of benzene rings is 1. The molecule has 2 aliphatic rings. The van der Waals surface area contributed by atoms with Crippen molar-refractivity contribution in [2.75, 3.05) is 29.5 Å². The van der Waals surface area contributed by atoms with Crippen molar-refractivity contribution in [2.45, 2.75) is 39.0 Å². The van der Waals surface area contributed by atoms with Crippen LogP contribution in [-0.4, -0.2) is 19.1 Å². The minimum Gasteiger partial charge on any atom is -0.482 e. The Morgan fingerprint density at radius 1 is 1.38 bits per heavy atom. The summed E-state index contributed by atoms with van der Waals surface area (Å²) in [7, 11) is 0. The molecule has 0 radical (unpaired) electrons. The van der Waals surface area contributed by atoms with Gasteiger partial charge in [-0.05, 0) is 30.7 Å². The zero-order valence-corrected chi connectivity index (χ0v) is 12.5. The number of amides is 1. The maximum atomic E-state index is 11.4. The highest BCUT2D eigenvalue weighted by molar-refractivity contribution is 5.97. The van der Waals surface area contributed by atoms with Crippen molar-refractivity contribution in [1.29, 1.82) is 0 Å². The van der Waals surface area contributed by atoms with Crippen molar-refractivity contribution < 1.29 is 9.53 Å². The monoisotopic (exact) mass is 289 g/mol. The van der Waals surface area contributed by atoms with Gasteiger partial charge in [0.25, 0.3) is 5.91 Å². The van der Waals surface area contributed by atoms with Crippen molar-refractivity contribution in [3.8, 4) is 5.75 Å². The van der Waals surface area contributed by atoms with Gasteiger partial charge < -0.3 is 21.1 Å². The number of nitrogen functional groups attached to an aromatic ring is 1. The fourth-order valence-electron chi connectivity index (χ4n) is 3.36. The summed E-state index contributed by atoms with van der Waals surface area (Å²) >= 11 is 0. The van der Waals surface area contributed by atoms with Crippen LogP contribution in [-0.2, 0) is 4.79 Å². The molecule has 1 saturated carbocycles. The summed E-state index contributed by atoms with van der Waals surface area (Å²) in [5.41, 5.74) is 8.71. The summed E-state index contributed by atoms with van der Waals surface area (Å²) < 4.78 is 5.37. The van der Waals surface area contributed by atoms with Crippen molar-refractivity contribution in [3.05, 3.63) is 12.1 Å². The molecule has 1 aromatic rings. The van der Waals surface area contributed by atoms with Crippen molar-refractivity contribution >= 4 is 23.0 Å². The number of carbonyl (C=O) groups is 1. The molecule has 0 aromatic heterocycles. The number of nitrogens with one attached hydrogen (secondary N) is 2. The van der Waals surface area contributed by atoms with Crippen LogP contribution >= 0.6 is 0 Å². The van der Waals surface area contributed by atoms with Crippen LogP contribution in [0.2, 0.25) is 0 Å². The van der Waals surface area contributed by atoms with Gasteiger partial charge in [0.15, 0.2) is 6.61 Å². The average Bonchev–Trinajstić information content (AvgIpc) is 2.95. The summed E-state index contributed by atoms with van der Waals surface area (Å²) in [5, 5.41) is 6.30. The number of nitrogens with two attached hydrogens (primary N) is 1. The average molecular weight is 289 g/mol. The number of hydrogen-bond acceptors (Lipinski definition) is 4. The lowest BCUT2D eigenvalue weighted by Crippen LogP contribution is -2.27. The fraction of sp³-hybridized carbons (Fsp3) is 0.562. The molecule has 0 atom stereocenters. The van der Waals surface area contributed by atoms with Gasteiger partial charge in [-0.15, -0.1) is 0 Å². The van der Waals surface area contributed by atoms with Crippen LogP contribution < -0.4 is 21.1 Å². The summed E-state index contributed by atoms with van der Waals surface area (Å²) in [6, 6.07) is 3.66. The predicted molar refractivity (Wildman–Crippen MR) is 84.7 cm³/mol. The quantitative estimate of drug-likeness (QED) is 0.745. The third-order valence-electron chi connectivity index (χ3n) is 4.85. The van der Waals surface area contributed by atoms with Gasteiger partial charge in [0.05, 0.1) is 17.1 Å². The Morgan fingerprint density at radius 2 is 2.14 bits per heavy atom. The molecule has 5 heteroatoms. The zero-order chi connectivity index (χ0) is 14.9. The van der Waals surface area contributed by atoms with Crippen LogP contribution in [0.5, 0.6) is 5.75 Å². The van der Waals surface area contributed by atoms with Crippen molar-refractivity contribution in [1.82, 2.24) is 0 Å². The first-order chi connectivity index (χ1) is 10.1. The first-order valence-electron chi connectivity index (χ1n) is 7.72. The molecule has 1 aliphatic carbocycles. The second-order valence-electron chi connectivity index (χ2n) is 6.19. The smallest absolute Gasteiger partial charge is 0.262 e. The standard InChI is InChI=1S/C16H23N3O2/c1-2-16(5-3-4-6-16)10-18-12-8-13-14(7-11(12)17)21-9-15(20)19-13/h7-8,18H,2-6,9-10,17H2,1H3,(H,19,20). The molecular formula is C16H23N3O2. The van der Waals surface area contributed by atoms with E-state index in [9.17, 15) is 4.79 Å². The molecule has 114 valence electrons. The molecule has 5 nitrogen and oxygen atoms in total. The van der Waals surface area contributed by atoms with E-state index in [4.69, 9.17) is 10.5 Å². The molecule has 0 spiro atoms. The first kappa shape index (κ1) is 14.0. The van der Waals surface area contributed by atoms with Crippen molar-refractivity contribution in [2.24, 2.45) is 5.41 Å².